The lowest BCUT2D eigenvalue weighted by Crippen LogP contribution is -2.39. The van der Waals surface area contributed by atoms with E-state index >= 15 is 0 Å². The Hall–Kier alpha value is -3.04. The van der Waals surface area contributed by atoms with Gasteiger partial charge < -0.3 is 9.47 Å². The highest BCUT2D eigenvalue weighted by molar-refractivity contribution is 7.22. The van der Waals surface area contributed by atoms with E-state index in [0.29, 0.717) is 18.3 Å². The van der Waals surface area contributed by atoms with Gasteiger partial charge in [-0.3, -0.25) is 9.69 Å². The molecule has 1 fully saturated rings. The molecule has 1 saturated heterocycles. The molecular formula is C22H23N5O3S. The van der Waals surface area contributed by atoms with Gasteiger partial charge in [0.2, 0.25) is 0 Å². The average molecular weight is 438 g/mol. The maximum absolute atomic E-state index is 13.4. The van der Waals surface area contributed by atoms with E-state index in [-0.39, 0.29) is 18.6 Å². The van der Waals surface area contributed by atoms with Gasteiger partial charge in [0.25, 0.3) is 5.91 Å². The number of fused-ring (bicyclic) bond motifs is 2. The van der Waals surface area contributed by atoms with Crippen LogP contribution in [0, 0.1) is 0 Å². The summed E-state index contributed by atoms with van der Waals surface area (Å²) in [6.07, 6.45) is 1.95. The quantitative estimate of drug-likeness (QED) is 0.439. The van der Waals surface area contributed by atoms with Crippen molar-refractivity contribution in [2.24, 2.45) is 0 Å². The Labute approximate surface area is 183 Å². The van der Waals surface area contributed by atoms with E-state index in [1.165, 1.54) is 11.3 Å². The molecule has 1 unspecified atom stereocenters. The smallest absolute Gasteiger partial charge is 0.250 e. The highest BCUT2D eigenvalue weighted by Crippen LogP contribution is 2.35. The Morgan fingerprint density at radius 3 is 3.03 bits per heavy atom. The molecule has 0 aliphatic carbocycles. The van der Waals surface area contributed by atoms with Gasteiger partial charge in [-0.2, -0.15) is 0 Å². The molecule has 1 atom stereocenters. The van der Waals surface area contributed by atoms with Crippen LogP contribution in [0.5, 0.6) is 5.75 Å². The normalized spacial score (nSPS) is 16.2. The molecule has 5 rings (SSSR count). The number of nitrogens with zero attached hydrogens (tertiary/aromatic N) is 5. The fourth-order valence-corrected chi connectivity index (χ4v) is 4.83. The number of amides is 1. The van der Waals surface area contributed by atoms with Gasteiger partial charge in [-0.05, 0) is 44.0 Å². The van der Waals surface area contributed by atoms with Crippen molar-refractivity contribution in [3.05, 3.63) is 42.5 Å². The Morgan fingerprint density at radius 2 is 2.19 bits per heavy atom. The number of aromatic nitrogens is 4. The number of carbonyl (C=O) groups is 1. The fourth-order valence-electron chi connectivity index (χ4n) is 3.83. The zero-order chi connectivity index (χ0) is 21.2. The van der Waals surface area contributed by atoms with Crippen LogP contribution in [0.4, 0.5) is 5.13 Å². The van der Waals surface area contributed by atoms with Gasteiger partial charge in [-0.1, -0.05) is 34.7 Å². The third-order valence-electron chi connectivity index (χ3n) is 5.32. The van der Waals surface area contributed by atoms with Crippen molar-refractivity contribution < 1.29 is 14.3 Å². The molecule has 1 amide bonds. The van der Waals surface area contributed by atoms with Gasteiger partial charge in [0, 0.05) is 6.61 Å². The lowest BCUT2D eigenvalue weighted by atomic mass is 10.2. The van der Waals surface area contributed by atoms with Crippen molar-refractivity contribution in [3.8, 4) is 5.75 Å². The molecule has 1 aliphatic rings. The first-order valence-electron chi connectivity index (χ1n) is 10.5. The third-order valence-corrected chi connectivity index (χ3v) is 6.36. The van der Waals surface area contributed by atoms with Crippen LogP contribution in [-0.4, -0.2) is 51.7 Å². The van der Waals surface area contributed by atoms with Gasteiger partial charge in [0.1, 0.15) is 23.3 Å². The molecule has 0 N–H and O–H groups in total. The van der Waals surface area contributed by atoms with Crippen LogP contribution < -0.4 is 9.64 Å². The third kappa shape index (κ3) is 3.98. The number of anilines is 1. The number of benzene rings is 2. The monoisotopic (exact) mass is 437 g/mol. The van der Waals surface area contributed by atoms with Gasteiger partial charge in [-0.25, -0.2) is 9.67 Å². The van der Waals surface area contributed by atoms with Crippen LogP contribution in [0.2, 0.25) is 0 Å². The van der Waals surface area contributed by atoms with E-state index in [1.807, 2.05) is 49.4 Å². The molecule has 0 saturated carbocycles. The van der Waals surface area contributed by atoms with E-state index in [2.05, 4.69) is 10.3 Å². The van der Waals surface area contributed by atoms with E-state index in [1.54, 1.807) is 9.58 Å². The highest BCUT2D eigenvalue weighted by atomic mass is 32.1. The topological polar surface area (TPSA) is 82.4 Å². The van der Waals surface area contributed by atoms with Crippen molar-refractivity contribution in [2.75, 3.05) is 24.7 Å². The van der Waals surface area contributed by atoms with Crippen LogP contribution >= 0.6 is 11.3 Å². The van der Waals surface area contributed by atoms with Gasteiger partial charge >= 0.3 is 0 Å². The van der Waals surface area contributed by atoms with Crippen molar-refractivity contribution in [2.45, 2.75) is 32.4 Å². The molecule has 0 spiro atoms. The van der Waals surface area contributed by atoms with E-state index in [9.17, 15) is 4.79 Å². The molecule has 0 bridgehead atoms. The van der Waals surface area contributed by atoms with E-state index < -0.39 is 0 Å². The lowest BCUT2D eigenvalue weighted by Gasteiger charge is -2.23. The summed E-state index contributed by atoms with van der Waals surface area (Å²) < 4.78 is 14.2. The molecular weight excluding hydrogens is 414 g/mol. The first-order chi connectivity index (χ1) is 15.2. The molecule has 31 heavy (non-hydrogen) atoms. The summed E-state index contributed by atoms with van der Waals surface area (Å²) in [5.74, 6) is 0.637. The average Bonchev–Trinajstić information content (AvgIpc) is 3.52. The molecule has 4 aromatic rings. The molecule has 160 valence electrons. The highest BCUT2D eigenvalue weighted by Gasteiger charge is 2.27. The zero-order valence-corrected chi connectivity index (χ0v) is 18.0. The minimum absolute atomic E-state index is 0.00909. The minimum Gasteiger partial charge on any atom is -0.492 e. The largest absolute Gasteiger partial charge is 0.492 e. The van der Waals surface area contributed by atoms with Crippen molar-refractivity contribution in [3.63, 3.8) is 0 Å². The van der Waals surface area contributed by atoms with Gasteiger partial charge in [0.05, 0.1) is 29.5 Å². The van der Waals surface area contributed by atoms with Crippen LogP contribution in [0.15, 0.2) is 42.5 Å². The lowest BCUT2D eigenvalue weighted by molar-refractivity contribution is -0.119. The van der Waals surface area contributed by atoms with Gasteiger partial charge in [0.15, 0.2) is 5.13 Å². The second-order valence-electron chi connectivity index (χ2n) is 7.41. The maximum Gasteiger partial charge on any atom is 0.250 e. The van der Waals surface area contributed by atoms with Crippen LogP contribution in [0.25, 0.3) is 21.3 Å². The predicted molar refractivity (Wildman–Crippen MR) is 120 cm³/mol. The number of ether oxygens (including phenoxy) is 2. The number of para-hydroxylation sites is 2. The maximum atomic E-state index is 13.4. The molecule has 9 heteroatoms. The summed E-state index contributed by atoms with van der Waals surface area (Å²) in [6.45, 7) is 3.79. The summed E-state index contributed by atoms with van der Waals surface area (Å²) in [5, 5.41) is 8.98. The summed E-state index contributed by atoms with van der Waals surface area (Å²) in [4.78, 5) is 20.0. The number of hydrogen-bond acceptors (Lipinski definition) is 7. The molecule has 2 aromatic carbocycles. The number of thiazole rings is 1. The SMILES string of the molecule is CCOc1cccc2sc(N(CC3CCCO3)C(=O)Cn3nnc4ccccc43)nc12. The fraction of sp³-hybridized carbons (Fsp3) is 0.364. The Balaban J connectivity index is 1.48. The van der Waals surface area contributed by atoms with Crippen molar-refractivity contribution in [1.82, 2.24) is 20.0 Å². The standard InChI is InChI=1S/C22H23N5O3S/c1-2-29-18-10-5-11-19-21(18)23-22(31-19)26(13-15-7-6-12-30-15)20(28)14-27-17-9-4-3-8-16(17)24-25-27/h3-5,8-11,15H,2,6-7,12-14H2,1H3. The molecule has 1 aliphatic heterocycles. The summed E-state index contributed by atoms with van der Waals surface area (Å²) in [6, 6.07) is 13.5. The van der Waals surface area contributed by atoms with E-state index in [0.717, 1.165) is 46.4 Å². The Bertz CT molecular complexity index is 1210. The second kappa shape index (κ2) is 8.60. The van der Waals surface area contributed by atoms with Crippen molar-refractivity contribution in [1.29, 1.82) is 0 Å². The molecule has 8 nitrogen and oxygen atoms in total. The Kier molecular flexibility index (Phi) is 5.52. The number of rotatable bonds is 7. The summed E-state index contributed by atoms with van der Waals surface area (Å²) in [7, 11) is 0. The Morgan fingerprint density at radius 1 is 1.29 bits per heavy atom. The first-order valence-corrected chi connectivity index (χ1v) is 11.3. The second-order valence-corrected chi connectivity index (χ2v) is 8.42. The minimum atomic E-state index is -0.0943. The predicted octanol–water partition coefficient (Wildman–Crippen LogP) is 3.65. The zero-order valence-electron chi connectivity index (χ0n) is 17.2. The van der Waals surface area contributed by atoms with Crippen LogP contribution in [0.3, 0.4) is 0 Å². The summed E-state index contributed by atoms with van der Waals surface area (Å²) >= 11 is 1.49. The number of carbonyl (C=O) groups excluding carboxylic acids is 1. The number of hydrogen-bond donors (Lipinski definition) is 0. The molecule has 2 aromatic heterocycles. The molecule has 3 heterocycles. The van der Waals surface area contributed by atoms with Crippen LogP contribution in [-0.2, 0) is 16.1 Å². The first kappa shape index (κ1) is 19.9. The van der Waals surface area contributed by atoms with Gasteiger partial charge in [-0.15, -0.1) is 5.10 Å². The molecule has 0 radical (unpaired) electrons. The van der Waals surface area contributed by atoms with E-state index in [4.69, 9.17) is 14.5 Å². The van der Waals surface area contributed by atoms with Crippen LogP contribution in [0.1, 0.15) is 19.8 Å². The van der Waals surface area contributed by atoms with Crippen molar-refractivity contribution >= 4 is 43.6 Å². The summed E-state index contributed by atoms with van der Waals surface area (Å²) in [5.41, 5.74) is 2.37.